The molecule has 1 aromatic carbocycles. The van der Waals surface area contributed by atoms with Crippen molar-refractivity contribution in [3.05, 3.63) is 34.9 Å². The SMILES string of the molecule is Cl.O=C(Cc1ccccc1Cl)N1CCN(CC(F)(F)F)CC1. The number of nitrogens with zero attached hydrogens (tertiary/aromatic N) is 2. The number of benzene rings is 1. The van der Waals surface area contributed by atoms with E-state index >= 15 is 0 Å². The number of rotatable bonds is 3. The van der Waals surface area contributed by atoms with Crippen LogP contribution in [-0.4, -0.2) is 54.6 Å². The van der Waals surface area contributed by atoms with Gasteiger partial charge in [-0.3, -0.25) is 9.69 Å². The van der Waals surface area contributed by atoms with Crippen molar-refractivity contribution >= 4 is 29.9 Å². The fourth-order valence-corrected chi connectivity index (χ4v) is 2.53. The highest BCUT2D eigenvalue weighted by Crippen LogP contribution is 2.19. The topological polar surface area (TPSA) is 23.6 Å². The second-order valence-electron chi connectivity index (χ2n) is 5.04. The van der Waals surface area contributed by atoms with E-state index in [1.165, 1.54) is 4.90 Å². The summed E-state index contributed by atoms with van der Waals surface area (Å²) in [6.45, 7) is 0.208. The van der Waals surface area contributed by atoms with Gasteiger partial charge >= 0.3 is 6.18 Å². The summed E-state index contributed by atoms with van der Waals surface area (Å²) in [6.07, 6.45) is -4.01. The van der Waals surface area contributed by atoms with Gasteiger partial charge < -0.3 is 4.90 Å². The van der Waals surface area contributed by atoms with Crippen LogP contribution in [0.3, 0.4) is 0 Å². The van der Waals surface area contributed by atoms with Crippen molar-refractivity contribution in [1.82, 2.24) is 9.80 Å². The first-order valence-electron chi connectivity index (χ1n) is 6.65. The van der Waals surface area contributed by atoms with Crippen LogP contribution in [0.25, 0.3) is 0 Å². The van der Waals surface area contributed by atoms with Crippen LogP contribution in [0.4, 0.5) is 13.2 Å². The summed E-state index contributed by atoms with van der Waals surface area (Å²) in [7, 11) is 0. The number of amides is 1. The van der Waals surface area contributed by atoms with E-state index in [1.807, 2.05) is 0 Å². The maximum absolute atomic E-state index is 12.3. The third-order valence-electron chi connectivity index (χ3n) is 3.43. The quantitative estimate of drug-likeness (QED) is 0.831. The number of hydrogen-bond donors (Lipinski definition) is 0. The molecule has 1 aliphatic rings. The van der Waals surface area contributed by atoms with Gasteiger partial charge in [0, 0.05) is 31.2 Å². The Morgan fingerprint density at radius 2 is 1.73 bits per heavy atom. The van der Waals surface area contributed by atoms with E-state index in [2.05, 4.69) is 0 Å². The molecule has 0 atom stereocenters. The smallest absolute Gasteiger partial charge is 0.340 e. The number of halogens is 5. The average Bonchev–Trinajstić information content (AvgIpc) is 2.40. The molecule has 0 saturated carbocycles. The fraction of sp³-hybridized carbons (Fsp3) is 0.500. The Bertz CT molecular complexity index is 503. The molecule has 8 heteroatoms. The standard InChI is InChI=1S/C14H16ClF3N2O.ClH/c15-12-4-2-1-3-11(12)9-13(21)20-7-5-19(6-8-20)10-14(16,17)18;/h1-4H,5-10H2;1H. The van der Waals surface area contributed by atoms with Crippen molar-refractivity contribution in [3.8, 4) is 0 Å². The van der Waals surface area contributed by atoms with Crippen LogP contribution in [0.2, 0.25) is 5.02 Å². The molecule has 1 saturated heterocycles. The third kappa shape index (κ3) is 5.66. The van der Waals surface area contributed by atoms with Crippen LogP contribution < -0.4 is 0 Å². The number of piperazine rings is 1. The molecule has 0 spiro atoms. The maximum atomic E-state index is 12.3. The van der Waals surface area contributed by atoms with Crippen LogP contribution in [0.5, 0.6) is 0 Å². The molecular weight excluding hydrogens is 340 g/mol. The molecular formula is C14H17Cl2F3N2O. The van der Waals surface area contributed by atoms with Gasteiger partial charge in [-0.15, -0.1) is 12.4 Å². The normalized spacial score (nSPS) is 16.3. The molecule has 124 valence electrons. The second kappa shape index (κ2) is 8.04. The van der Waals surface area contributed by atoms with Gasteiger partial charge in [-0.2, -0.15) is 13.2 Å². The van der Waals surface area contributed by atoms with Crippen LogP contribution in [-0.2, 0) is 11.2 Å². The van der Waals surface area contributed by atoms with Crippen molar-refractivity contribution in [1.29, 1.82) is 0 Å². The zero-order valence-electron chi connectivity index (χ0n) is 11.8. The van der Waals surface area contributed by atoms with Crippen molar-refractivity contribution in [3.63, 3.8) is 0 Å². The largest absolute Gasteiger partial charge is 0.401 e. The lowest BCUT2D eigenvalue weighted by atomic mass is 10.1. The highest BCUT2D eigenvalue weighted by atomic mass is 35.5. The number of hydrogen-bond acceptors (Lipinski definition) is 2. The Labute approximate surface area is 138 Å². The van der Waals surface area contributed by atoms with Crippen molar-refractivity contribution in [2.45, 2.75) is 12.6 Å². The summed E-state index contributed by atoms with van der Waals surface area (Å²) in [6, 6.07) is 7.08. The summed E-state index contributed by atoms with van der Waals surface area (Å²) in [4.78, 5) is 15.1. The molecule has 1 heterocycles. The number of carbonyl (C=O) groups excluding carboxylic acids is 1. The minimum absolute atomic E-state index is 0. The number of carbonyl (C=O) groups is 1. The van der Waals surface area contributed by atoms with E-state index in [9.17, 15) is 18.0 Å². The minimum Gasteiger partial charge on any atom is -0.340 e. The van der Waals surface area contributed by atoms with E-state index in [-0.39, 0.29) is 37.8 Å². The molecule has 1 fully saturated rings. The van der Waals surface area contributed by atoms with Gasteiger partial charge in [0.2, 0.25) is 5.91 Å². The van der Waals surface area contributed by atoms with Gasteiger partial charge in [0.1, 0.15) is 0 Å². The van der Waals surface area contributed by atoms with Gasteiger partial charge in [-0.25, -0.2) is 0 Å². The van der Waals surface area contributed by atoms with Crippen molar-refractivity contribution in [2.75, 3.05) is 32.7 Å². The molecule has 0 N–H and O–H groups in total. The van der Waals surface area contributed by atoms with E-state index in [0.717, 1.165) is 5.56 Å². The second-order valence-corrected chi connectivity index (χ2v) is 5.45. The third-order valence-corrected chi connectivity index (χ3v) is 3.80. The Balaban J connectivity index is 0.00000242. The van der Waals surface area contributed by atoms with Crippen LogP contribution in [0.1, 0.15) is 5.56 Å². The van der Waals surface area contributed by atoms with Gasteiger partial charge in [0.25, 0.3) is 0 Å². The average molecular weight is 357 g/mol. The molecule has 0 aromatic heterocycles. The van der Waals surface area contributed by atoms with Gasteiger partial charge in [0.05, 0.1) is 13.0 Å². The lowest BCUT2D eigenvalue weighted by Crippen LogP contribution is -2.51. The van der Waals surface area contributed by atoms with E-state index in [0.29, 0.717) is 18.1 Å². The molecule has 1 aliphatic heterocycles. The van der Waals surface area contributed by atoms with Gasteiger partial charge in [0.15, 0.2) is 0 Å². The molecule has 0 radical (unpaired) electrons. The lowest BCUT2D eigenvalue weighted by molar-refractivity contribution is -0.151. The Kier molecular flexibility index (Phi) is 6.97. The van der Waals surface area contributed by atoms with Gasteiger partial charge in [-0.05, 0) is 11.6 Å². The first kappa shape index (κ1) is 19.1. The summed E-state index contributed by atoms with van der Waals surface area (Å²) in [5, 5.41) is 0.529. The highest BCUT2D eigenvalue weighted by Gasteiger charge is 2.32. The first-order chi connectivity index (χ1) is 9.85. The summed E-state index contributed by atoms with van der Waals surface area (Å²) in [5.74, 6) is -0.102. The monoisotopic (exact) mass is 356 g/mol. The molecule has 1 amide bonds. The van der Waals surface area contributed by atoms with Crippen molar-refractivity contribution in [2.24, 2.45) is 0 Å². The van der Waals surface area contributed by atoms with Crippen molar-refractivity contribution < 1.29 is 18.0 Å². The molecule has 1 aromatic rings. The molecule has 0 unspecified atom stereocenters. The highest BCUT2D eigenvalue weighted by molar-refractivity contribution is 6.31. The van der Waals surface area contributed by atoms with E-state index in [1.54, 1.807) is 29.2 Å². The zero-order valence-corrected chi connectivity index (χ0v) is 13.3. The summed E-state index contributed by atoms with van der Waals surface area (Å²) < 4.78 is 36.9. The van der Waals surface area contributed by atoms with Crippen LogP contribution >= 0.6 is 24.0 Å². The molecule has 2 rings (SSSR count). The predicted octanol–water partition coefficient (Wildman–Crippen LogP) is 3.01. The van der Waals surface area contributed by atoms with E-state index in [4.69, 9.17) is 11.6 Å². The fourth-order valence-electron chi connectivity index (χ4n) is 2.33. The Morgan fingerprint density at radius 1 is 1.14 bits per heavy atom. The van der Waals surface area contributed by atoms with E-state index < -0.39 is 12.7 Å². The number of alkyl halides is 3. The predicted molar refractivity (Wildman–Crippen MR) is 81.5 cm³/mol. The first-order valence-corrected chi connectivity index (χ1v) is 7.03. The zero-order chi connectivity index (χ0) is 15.5. The Hall–Kier alpha value is -0.980. The van der Waals surface area contributed by atoms with Gasteiger partial charge in [-0.1, -0.05) is 29.8 Å². The molecule has 0 bridgehead atoms. The molecule has 3 nitrogen and oxygen atoms in total. The summed E-state index contributed by atoms with van der Waals surface area (Å²) >= 11 is 6.00. The maximum Gasteiger partial charge on any atom is 0.401 e. The van der Waals surface area contributed by atoms with Crippen LogP contribution in [0.15, 0.2) is 24.3 Å². The Morgan fingerprint density at radius 3 is 2.27 bits per heavy atom. The lowest BCUT2D eigenvalue weighted by Gasteiger charge is -2.35. The summed E-state index contributed by atoms with van der Waals surface area (Å²) in [5.41, 5.74) is 0.738. The van der Waals surface area contributed by atoms with Crippen LogP contribution in [0, 0.1) is 0 Å². The minimum atomic E-state index is -4.19. The molecule has 0 aliphatic carbocycles. The molecule has 22 heavy (non-hydrogen) atoms.